The van der Waals surface area contributed by atoms with Crippen LogP contribution in [0.4, 0.5) is 10.1 Å². The van der Waals surface area contributed by atoms with Crippen LogP contribution in [0.1, 0.15) is 5.56 Å². The molecule has 106 valence electrons. The molecule has 0 heterocycles. The van der Waals surface area contributed by atoms with Gasteiger partial charge in [-0.2, -0.15) is 0 Å². The van der Waals surface area contributed by atoms with E-state index >= 15 is 0 Å². The second-order valence-corrected chi connectivity index (χ2v) is 5.83. The van der Waals surface area contributed by atoms with Crippen molar-refractivity contribution in [3.8, 4) is 0 Å². The van der Waals surface area contributed by atoms with Gasteiger partial charge in [-0.3, -0.25) is 5.84 Å². The van der Waals surface area contributed by atoms with Crippen LogP contribution in [0.2, 0.25) is 0 Å². The predicted octanol–water partition coefficient (Wildman–Crippen LogP) is 1.59. The van der Waals surface area contributed by atoms with Crippen LogP contribution in [0.25, 0.3) is 0 Å². The molecule has 0 aliphatic rings. The molecule has 5 nitrogen and oxygen atoms in total. The summed E-state index contributed by atoms with van der Waals surface area (Å²) in [5, 5.41) is 0. The zero-order valence-corrected chi connectivity index (χ0v) is 11.3. The lowest BCUT2D eigenvalue weighted by Crippen LogP contribution is -2.25. The maximum atomic E-state index is 12.8. The van der Waals surface area contributed by atoms with Gasteiger partial charge >= 0.3 is 0 Å². The van der Waals surface area contributed by atoms with Crippen molar-refractivity contribution in [1.29, 1.82) is 0 Å². The fourth-order valence-corrected chi connectivity index (χ4v) is 2.86. The number of hydrazine groups is 1. The number of nitrogens with two attached hydrogens (primary N) is 1. The molecule has 2 rings (SSSR count). The summed E-state index contributed by atoms with van der Waals surface area (Å²) in [6, 6.07) is 11.9. The van der Waals surface area contributed by atoms with Crippen LogP contribution >= 0.6 is 0 Å². The number of nitrogens with one attached hydrogen (secondary N) is 2. The first-order valence-electron chi connectivity index (χ1n) is 5.83. The zero-order chi connectivity index (χ0) is 14.6. The highest BCUT2D eigenvalue weighted by molar-refractivity contribution is 7.89. The van der Waals surface area contributed by atoms with Crippen molar-refractivity contribution in [3.63, 3.8) is 0 Å². The summed E-state index contributed by atoms with van der Waals surface area (Å²) in [7, 11) is -3.70. The Hall–Kier alpha value is -1.96. The lowest BCUT2D eigenvalue weighted by Gasteiger charge is -2.10. The Morgan fingerprint density at radius 2 is 1.70 bits per heavy atom. The van der Waals surface area contributed by atoms with Gasteiger partial charge in [-0.05, 0) is 29.8 Å². The molecule has 2 aromatic carbocycles. The number of nitrogen functional groups attached to an aromatic ring is 1. The highest BCUT2D eigenvalue weighted by Gasteiger charge is 2.17. The van der Waals surface area contributed by atoms with E-state index in [2.05, 4.69) is 10.1 Å². The molecule has 20 heavy (non-hydrogen) atoms. The lowest BCUT2D eigenvalue weighted by atomic mass is 10.2. The Bertz CT molecular complexity index is 687. The third-order valence-corrected chi connectivity index (χ3v) is 4.17. The van der Waals surface area contributed by atoms with E-state index in [1.54, 1.807) is 18.2 Å². The average Bonchev–Trinajstić information content (AvgIpc) is 2.46. The fraction of sp³-hybridized carbons (Fsp3) is 0.0769. The molecule has 4 N–H and O–H groups in total. The molecule has 2 aromatic rings. The Morgan fingerprint density at radius 1 is 1.05 bits per heavy atom. The second-order valence-electron chi connectivity index (χ2n) is 4.09. The van der Waals surface area contributed by atoms with Crippen molar-refractivity contribution >= 4 is 15.7 Å². The molecule has 0 spiro atoms. The van der Waals surface area contributed by atoms with Crippen LogP contribution in [0, 0.1) is 5.82 Å². The molecule has 0 saturated carbocycles. The minimum atomic E-state index is -3.70. The highest BCUT2D eigenvalue weighted by atomic mass is 32.2. The van der Waals surface area contributed by atoms with Crippen molar-refractivity contribution in [3.05, 3.63) is 59.9 Å². The van der Waals surface area contributed by atoms with E-state index in [4.69, 9.17) is 5.84 Å². The van der Waals surface area contributed by atoms with Gasteiger partial charge in [0.1, 0.15) is 10.7 Å². The van der Waals surface area contributed by atoms with Crippen LogP contribution in [0.15, 0.2) is 53.4 Å². The first-order valence-corrected chi connectivity index (χ1v) is 7.31. The smallest absolute Gasteiger partial charge is 0.242 e. The van der Waals surface area contributed by atoms with Gasteiger partial charge in [-0.1, -0.05) is 24.3 Å². The first-order chi connectivity index (χ1) is 9.53. The Kier molecular flexibility index (Phi) is 4.33. The minimum absolute atomic E-state index is 0.0598. The summed E-state index contributed by atoms with van der Waals surface area (Å²) >= 11 is 0. The quantitative estimate of drug-likeness (QED) is 0.578. The Labute approximate surface area is 116 Å². The van der Waals surface area contributed by atoms with Crippen molar-refractivity contribution in [1.82, 2.24) is 4.72 Å². The van der Waals surface area contributed by atoms with E-state index in [0.29, 0.717) is 11.3 Å². The van der Waals surface area contributed by atoms with E-state index in [0.717, 1.165) is 0 Å². The van der Waals surface area contributed by atoms with E-state index in [1.807, 2.05) is 0 Å². The maximum absolute atomic E-state index is 12.8. The third kappa shape index (κ3) is 3.32. The zero-order valence-electron chi connectivity index (χ0n) is 10.5. The van der Waals surface area contributed by atoms with E-state index < -0.39 is 10.0 Å². The standard InChI is InChI=1S/C13H14FN3O2S/c14-11-7-5-10(6-8-11)9-16-20(18,19)13-4-2-1-3-12(13)17-15/h1-8,16-17H,9,15H2. The number of rotatable bonds is 5. The molecular weight excluding hydrogens is 281 g/mol. The number of benzene rings is 2. The molecule has 7 heteroatoms. The summed E-state index contributed by atoms with van der Waals surface area (Å²) in [5.41, 5.74) is 3.30. The van der Waals surface area contributed by atoms with E-state index in [-0.39, 0.29) is 17.3 Å². The van der Waals surface area contributed by atoms with Gasteiger partial charge < -0.3 is 5.43 Å². The number of hydrogen-bond donors (Lipinski definition) is 3. The SMILES string of the molecule is NNc1ccccc1S(=O)(=O)NCc1ccc(F)cc1. The summed E-state index contributed by atoms with van der Waals surface area (Å²) in [6.07, 6.45) is 0. The van der Waals surface area contributed by atoms with Gasteiger partial charge in [-0.15, -0.1) is 0 Å². The van der Waals surface area contributed by atoms with Crippen molar-refractivity contribution in [2.45, 2.75) is 11.4 Å². The van der Waals surface area contributed by atoms with Gasteiger partial charge in [0.25, 0.3) is 0 Å². The number of para-hydroxylation sites is 1. The summed E-state index contributed by atoms with van der Waals surface area (Å²) < 4.78 is 39.5. The molecule has 0 atom stereocenters. The normalized spacial score (nSPS) is 11.3. The molecule has 0 aliphatic carbocycles. The molecule has 0 unspecified atom stereocenters. The summed E-state index contributed by atoms with van der Waals surface area (Å²) in [5.74, 6) is 4.92. The molecule has 0 radical (unpaired) electrons. The number of anilines is 1. The Morgan fingerprint density at radius 3 is 2.35 bits per heavy atom. The highest BCUT2D eigenvalue weighted by Crippen LogP contribution is 2.19. The van der Waals surface area contributed by atoms with Crippen LogP contribution in [0.5, 0.6) is 0 Å². The van der Waals surface area contributed by atoms with Crippen LogP contribution in [-0.4, -0.2) is 8.42 Å². The number of hydrogen-bond acceptors (Lipinski definition) is 4. The number of sulfonamides is 1. The number of halogens is 1. The maximum Gasteiger partial charge on any atom is 0.242 e. The van der Waals surface area contributed by atoms with E-state index in [1.165, 1.54) is 30.3 Å². The monoisotopic (exact) mass is 295 g/mol. The predicted molar refractivity (Wildman–Crippen MR) is 74.7 cm³/mol. The van der Waals surface area contributed by atoms with Crippen molar-refractivity contribution in [2.24, 2.45) is 5.84 Å². The molecule has 0 amide bonds. The van der Waals surface area contributed by atoms with E-state index in [9.17, 15) is 12.8 Å². The largest absolute Gasteiger partial charge is 0.323 e. The molecule has 0 aromatic heterocycles. The van der Waals surface area contributed by atoms with Gasteiger partial charge in [0.05, 0.1) is 5.69 Å². The van der Waals surface area contributed by atoms with Gasteiger partial charge in [-0.25, -0.2) is 17.5 Å². The molecule has 0 saturated heterocycles. The second kappa shape index (κ2) is 6.00. The Balaban J connectivity index is 2.17. The molecular formula is C13H14FN3O2S. The van der Waals surface area contributed by atoms with Crippen molar-refractivity contribution < 1.29 is 12.8 Å². The first kappa shape index (κ1) is 14.4. The van der Waals surface area contributed by atoms with Crippen molar-refractivity contribution in [2.75, 3.05) is 5.43 Å². The van der Waals surface area contributed by atoms with Gasteiger partial charge in [0.15, 0.2) is 0 Å². The topological polar surface area (TPSA) is 84.2 Å². The minimum Gasteiger partial charge on any atom is -0.323 e. The van der Waals surface area contributed by atoms with Gasteiger partial charge in [0.2, 0.25) is 10.0 Å². The fourth-order valence-electron chi connectivity index (χ4n) is 1.68. The summed E-state index contributed by atoms with van der Waals surface area (Å²) in [6.45, 7) is 0.0710. The molecule has 0 bridgehead atoms. The van der Waals surface area contributed by atoms with Crippen LogP contribution in [-0.2, 0) is 16.6 Å². The average molecular weight is 295 g/mol. The summed E-state index contributed by atoms with van der Waals surface area (Å²) in [4.78, 5) is 0.0598. The lowest BCUT2D eigenvalue weighted by molar-refractivity contribution is 0.581. The third-order valence-electron chi connectivity index (χ3n) is 2.71. The van der Waals surface area contributed by atoms with Gasteiger partial charge in [0, 0.05) is 6.54 Å². The molecule has 0 fully saturated rings. The van der Waals surface area contributed by atoms with Crippen LogP contribution in [0.3, 0.4) is 0 Å². The van der Waals surface area contributed by atoms with Crippen LogP contribution < -0.4 is 16.0 Å². The molecule has 0 aliphatic heterocycles.